The van der Waals surface area contributed by atoms with Crippen molar-refractivity contribution in [2.45, 2.75) is 20.8 Å². The van der Waals surface area contributed by atoms with Gasteiger partial charge in [0.15, 0.2) is 0 Å². The molecule has 4 heteroatoms. The molecule has 1 N–H and O–H groups in total. The number of hydrogen-bond donors (Lipinski definition) is 1. The Morgan fingerprint density at radius 2 is 1.96 bits per heavy atom. The molecule has 2 rings (SSSR count). The number of benzene rings is 2. The van der Waals surface area contributed by atoms with Crippen molar-refractivity contribution in [3.05, 3.63) is 63.6 Å². The van der Waals surface area contributed by atoms with Crippen molar-refractivity contribution in [3.63, 3.8) is 0 Å². The first-order valence-corrected chi connectivity index (χ1v) is 8.27. The van der Waals surface area contributed by atoms with Gasteiger partial charge >= 0.3 is 0 Å². The van der Waals surface area contributed by atoms with E-state index in [2.05, 4.69) is 21.2 Å². The van der Waals surface area contributed by atoms with Gasteiger partial charge in [0.05, 0.1) is 6.61 Å². The van der Waals surface area contributed by atoms with E-state index in [1.165, 1.54) is 11.6 Å². The van der Waals surface area contributed by atoms with Gasteiger partial charge in [-0.1, -0.05) is 22.0 Å². The maximum atomic E-state index is 12.1. The van der Waals surface area contributed by atoms with Gasteiger partial charge < -0.3 is 10.1 Å². The maximum Gasteiger partial charge on any atom is 0.248 e. The fraction of sp³-hybridized carbons (Fsp3) is 0.211. The lowest BCUT2D eigenvalue weighted by atomic mass is 10.1. The predicted molar refractivity (Wildman–Crippen MR) is 98.9 cm³/mol. The van der Waals surface area contributed by atoms with Gasteiger partial charge in [0, 0.05) is 21.8 Å². The highest BCUT2D eigenvalue weighted by Crippen LogP contribution is 2.24. The number of aryl methyl sites for hydroxylation is 2. The molecular formula is C19H20BrNO2. The molecule has 0 spiro atoms. The second-order valence-corrected chi connectivity index (χ2v) is 6.15. The molecule has 120 valence electrons. The second kappa shape index (κ2) is 7.97. The fourth-order valence-electron chi connectivity index (χ4n) is 2.11. The topological polar surface area (TPSA) is 38.3 Å². The van der Waals surface area contributed by atoms with Crippen LogP contribution in [-0.4, -0.2) is 12.5 Å². The van der Waals surface area contributed by atoms with E-state index in [4.69, 9.17) is 4.74 Å². The molecule has 0 radical (unpaired) electrons. The highest BCUT2D eigenvalue weighted by atomic mass is 79.9. The molecule has 0 aliphatic heterocycles. The van der Waals surface area contributed by atoms with E-state index >= 15 is 0 Å². The minimum atomic E-state index is -0.171. The van der Waals surface area contributed by atoms with Crippen LogP contribution >= 0.6 is 15.9 Å². The third-order valence-electron chi connectivity index (χ3n) is 3.46. The fourth-order valence-corrected chi connectivity index (χ4v) is 2.48. The summed E-state index contributed by atoms with van der Waals surface area (Å²) < 4.78 is 6.51. The number of hydrogen-bond acceptors (Lipinski definition) is 2. The first-order valence-electron chi connectivity index (χ1n) is 7.48. The number of halogens is 1. The second-order valence-electron chi connectivity index (χ2n) is 5.24. The highest BCUT2D eigenvalue weighted by Gasteiger charge is 2.03. The van der Waals surface area contributed by atoms with Crippen molar-refractivity contribution < 1.29 is 9.53 Å². The monoisotopic (exact) mass is 373 g/mol. The molecule has 0 fully saturated rings. The number of rotatable bonds is 5. The van der Waals surface area contributed by atoms with Gasteiger partial charge in [0.25, 0.3) is 0 Å². The molecule has 0 aliphatic carbocycles. The quantitative estimate of drug-likeness (QED) is 0.738. The molecule has 3 nitrogen and oxygen atoms in total. The Labute approximate surface area is 145 Å². The van der Waals surface area contributed by atoms with E-state index in [0.717, 1.165) is 27.0 Å². The molecule has 1 amide bonds. The van der Waals surface area contributed by atoms with Crippen LogP contribution in [0.4, 0.5) is 5.69 Å². The number of nitrogens with one attached hydrogen (secondary N) is 1. The summed E-state index contributed by atoms with van der Waals surface area (Å²) in [5.74, 6) is 0.585. The number of anilines is 1. The Morgan fingerprint density at radius 1 is 1.17 bits per heavy atom. The van der Waals surface area contributed by atoms with E-state index in [-0.39, 0.29) is 5.91 Å². The van der Waals surface area contributed by atoms with Crippen LogP contribution in [0.1, 0.15) is 23.6 Å². The molecule has 0 saturated heterocycles. The summed E-state index contributed by atoms with van der Waals surface area (Å²) in [5, 5.41) is 2.87. The van der Waals surface area contributed by atoms with Crippen LogP contribution < -0.4 is 10.1 Å². The lowest BCUT2D eigenvalue weighted by Crippen LogP contribution is -2.08. The highest BCUT2D eigenvalue weighted by molar-refractivity contribution is 9.10. The lowest BCUT2D eigenvalue weighted by Gasteiger charge is -2.08. The number of ether oxygens (including phenoxy) is 1. The minimum Gasteiger partial charge on any atom is -0.493 e. The SMILES string of the molecule is CCOc1ccc(Br)cc1/C=C/C(=O)Nc1ccc(C)c(C)c1. The van der Waals surface area contributed by atoms with Gasteiger partial charge in [-0.15, -0.1) is 0 Å². The summed E-state index contributed by atoms with van der Waals surface area (Å²) in [5.41, 5.74) is 4.00. The Balaban J connectivity index is 2.11. The number of carbonyl (C=O) groups is 1. The van der Waals surface area contributed by atoms with E-state index in [1.807, 2.05) is 57.2 Å². The zero-order chi connectivity index (χ0) is 16.8. The van der Waals surface area contributed by atoms with Crippen LogP contribution in [0.25, 0.3) is 6.08 Å². The Morgan fingerprint density at radius 3 is 2.65 bits per heavy atom. The zero-order valence-electron chi connectivity index (χ0n) is 13.5. The average molecular weight is 374 g/mol. The van der Waals surface area contributed by atoms with Crippen molar-refractivity contribution in [1.29, 1.82) is 0 Å². The van der Waals surface area contributed by atoms with Crippen molar-refractivity contribution in [2.24, 2.45) is 0 Å². The number of amides is 1. The molecule has 23 heavy (non-hydrogen) atoms. The first-order chi connectivity index (χ1) is 11.0. The van der Waals surface area contributed by atoms with Crippen LogP contribution in [0.2, 0.25) is 0 Å². The molecule has 0 saturated carbocycles. The molecule has 0 heterocycles. The third kappa shape index (κ3) is 4.96. The molecule has 0 unspecified atom stereocenters. The largest absolute Gasteiger partial charge is 0.493 e. The van der Waals surface area contributed by atoms with E-state index in [0.29, 0.717) is 6.61 Å². The molecule has 0 aliphatic rings. The zero-order valence-corrected chi connectivity index (χ0v) is 15.1. The van der Waals surface area contributed by atoms with Crippen molar-refractivity contribution in [1.82, 2.24) is 0 Å². The van der Waals surface area contributed by atoms with E-state index in [1.54, 1.807) is 6.08 Å². The summed E-state index contributed by atoms with van der Waals surface area (Å²) in [4.78, 5) is 12.1. The molecule has 0 atom stereocenters. The van der Waals surface area contributed by atoms with Gasteiger partial charge in [0.1, 0.15) is 5.75 Å². The maximum absolute atomic E-state index is 12.1. The van der Waals surface area contributed by atoms with Gasteiger partial charge in [-0.25, -0.2) is 0 Å². The summed E-state index contributed by atoms with van der Waals surface area (Å²) in [6.45, 7) is 6.58. The van der Waals surface area contributed by atoms with Crippen molar-refractivity contribution >= 4 is 33.6 Å². The molecular weight excluding hydrogens is 354 g/mol. The standard InChI is InChI=1S/C19H20BrNO2/c1-4-23-18-9-7-16(20)12-15(18)6-10-19(22)21-17-8-5-13(2)14(3)11-17/h5-12H,4H2,1-3H3,(H,21,22)/b10-6+. The van der Waals surface area contributed by atoms with Crippen molar-refractivity contribution in [3.8, 4) is 5.75 Å². The number of carbonyl (C=O) groups excluding carboxylic acids is 1. The summed E-state index contributed by atoms with van der Waals surface area (Å²) in [6.07, 6.45) is 3.27. The van der Waals surface area contributed by atoms with Crippen LogP contribution in [0.3, 0.4) is 0 Å². The Hall–Kier alpha value is -2.07. The van der Waals surface area contributed by atoms with Gasteiger partial charge in [-0.2, -0.15) is 0 Å². The Kier molecular flexibility index (Phi) is 5.99. The Bertz CT molecular complexity index is 738. The molecule has 0 bridgehead atoms. The van der Waals surface area contributed by atoms with Gasteiger partial charge in [0.2, 0.25) is 5.91 Å². The smallest absolute Gasteiger partial charge is 0.248 e. The summed E-state index contributed by atoms with van der Waals surface area (Å²) in [6, 6.07) is 11.6. The molecule has 2 aromatic rings. The molecule has 0 aromatic heterocycles. The normalized spacial score (nSPS) is 10.8. The third-order valence-corrected chi connectivity index (χ3v) is 3.95. The first kappa shape index (κ1) is 17.3. The predicted octanol–water partition coefficient (Wildman–Crippen LogP) is 5.12. The van der Waals surface area contributed by atoms with E-state index < -0.39 is 0 Å². The van der Waals surface area contributed by atoms with E-state index in [9.17, 15) is 4.79 Å². The summed E-state index contributed by atoms with van der Waals surface area (Å²) in [7, 11) is 0. The van der Waals surface area contributed by atoms with Crippen LogP contribution in [0.15, 0.2) is 46.9 Å². The van der Waals surface area contributed by atoms with Crippen LogP contribution in [0, 0.1) is 13.8 Å². The van der Waals surface area contributed by atoms with Crippen LogP contribution in [-0.2, 0) is 4.79 Å². The lowest BCUT2D eigenvalue weighted by molar-refractivity contribution is -0.111. The average Bonchev–Trinajstić information content (AvgIpc) is 2.51. The molecule has 2 aromatic carbocycles. The van der Waals surface area contributed by atoms with Gasteiger partial charge in [-0.3, -0.25) is 4.79 Å². The minimum absolute atomic E-state index is 0.171. The van der Waals surface area contributed by atoms with Gasteiger partial charge in [-0.05, 0) is 68.3 Å². The summed E-state index contributed by atoms with van der Waals surface area (Å²) >= 11 is 3.43. The van der Waals surface area contributed by atoms with Crippen LogP contribution in [0.5, 0.6) is 5.75 Å². The van der Waals surface area contributed by atoms with Crippen molar-refractivity contribution in [2.75, 3.05) is 11.9 Å².